The van der Waals surface area contributed by atoms with E-state index in [1.165, 1.54) is 50.1 Å². The number of hydrogen-bond acceptors (Lipinski definition) is 2. The van der Waals surface area contributed by atoms with Crippen molar-refractivity contribution in [1.29, 1.82) is 0 Å². The van der Waals surface area contributed by atoms with Crippen molar-refractivity contribution in [3.8, 4) is 33.4 Å². The van der Waals surface area contributed by atoms with Crippen LogP contribution in [0.5, 0.6) is 0 Å². The van der Waals surface area contributed by atoms with E-state index in [9.17, 15) is 0 Å². The molecule has 2 aliphatic rings. The van der Waals surface area contributed by atoms with Crippen LogP contribution in [0, 0.1) is 48.5 Å². The van der Waals surface area contributed by atoms with Crippen LogP contribution >= 0.6 is 0 Å². The minimum Gasteiger partial charge on any atom is -0.355 e. The Hall–Kier alpha value is -5.74. The third-order valence-electron chi connectivity index (χ3n) is 9.77. The Kier molecular flexibility index (Phi) is 7.33. The average Bonchev–Trinajstić information content (AvgIpc) is 3.87. The van der Waals surface area contributed by atoms with E-state index >= 15 is 0 Å². The quantitative estimate of drug-likeness (QED) is 0.203. The number of aromatic amines is 2. The molecule has 0 saturated heterocycles. The van der Waals surface area contributed by atoms with Gasteiger partial charge in [0.15, 0.2) is 0 Å². The fourth-order valence-electron chi connectivity index (χ4n) is 7.84. The number of benzene rings is 3. The molecule has 240 valence electrons. The molecule has 0 saturated carbocycles. The number of nitrogens with zero attached hydrogens (tertiary/aromatic N) is 2. The molecule has 0 fully saturated rings. The highest BCUT2D eigenvalue weighted by Gasteiger charge is 2.20. The summed E-state index contributed by atoms with van der Waals surface area (Å²) in [5, 5.41) is 0. The molecule has 0 spiro atoms. The molecule has 6 aromatic rings. The molecule has 0 aliphatic carbocycles. The van der Waals surface area contributed by atoms with Gasteiger partial charge in [-0.3, -0.25) is 0 Å². The van der Waals surface area contributed by atoms with E-state index < -0.39 is 0 Å². The van der Waals surface area contributed by atoms with Crippen molar-refractivity contribution in [3.63, 3.8) is 0 Å². The highest BCUT2D eigenvalue weighted by molar-refractivity contribution is 5.98. The monoisotopic (exact) mass is 636 g/mol. The lowest BCUT2D eigenvalue weighted by atomic mass is 9.92. The molecule has 4 nitrogen and oxygen atoms in total. The average molecular weight is 637 g/mol. The SMILES string of the molecule is Cc1ccc(-c2c3nc(c(-c4c(C)cc(C)cc4C)c4ccc(cc5nc(c(-c6c(C)cc(C)cc6C)c6ccc2[nH]6)C=C5)[nH]4)C=C3)cc1. The van der Waals surface area contributed by atoms with Gasteiger partial charge in [0, 0.05) is 38.8 Å². The van der Waals surface area contributed by atoms with Crippen LogP contribution in [0.25, 0.3) is 79.8 Å². The van der Waals surface area contributed by atoms with E-state index in [2.05, 4.69) is 162 Å². The lowest BCUT2D eigenvalue weighted by molar-refractivity contribution is 1.28. The molecule has 0 radical (unpaired) electrons. The van der Waals surface area contributed by atoms with Crippen LogP contribution in [0.15, 0.2) is 78.9 Å². The number of fused-ring (bicyclic) bond motifs is 8. The fraction of sp³-hybridized carbons (Fsp3) is 0.156. The van der Waals surface area contributed by atoms with Gasteiger partial charge in [-0.25, -0.2) is 9.97 Å². The van der Waals surface area contributed by atoms with Gasteiger partial charge in [0.2, 0.25) is 0 Å². The fourth-order valence-corrected chi connectivity index (χ4v) is 7.84. The first-order valence-corrected chi connectivity index (χ1v) is 17.0. The van der Waals surface area contributed by atoms with E-state index in [1.54, 1.807) is 0 Å². The zero-order valence-electron chi connectivity index (χ0n) is 29.2. The number of H-pyrrole nitrogens is 2. The van der Waals surface area contributed by atoms with Crippen molar-refractivity contribution in [1.82, 2.24) is 19.9 Å². The van der Waals surface area contributed by atoms with Crippen LogP contribution in [0.3, 0.4) is 0 Å². The number of aryl methyl sites for hydroxylation is 7. The Labute approximate surface area is 288 Å². The first-order valence-electron chi connectivity index (χ1n) is 17.0. The van der Waals surface area contributed by atoms with Gasteiger partial charge >= 0.3 is 0 Å². The second-order valence-corrected chi connectivity index (χ2v) is 13.8. The van der Waals surface area contributed by atoms with Crippen molar-refractivity contribution in [2.45, 2.75) is 48.5 Å². The smallest absolute Gasteiger partial charge is 0.0737 e. The predicted octanol–water partition coefficient (Wildman–Crippen LogP) is 11.8. The highest BCUT2D eigenvalue weighted by atomic mass is 14.8. The topological polar surface area (TPSA) is 57.4 Å². The van der Waals surface area contributed by atoms with E-state index in [0.29, 0.717) is 0 Å². The Morgan fingerprint density at radius 1 is 0.388 bits per heavy atom. The first kappa shape index (κ1) is 30.6. The summed E-state index contributed by atoms with van der Waals surface area (Å²) in [6.45, 7) is 15.3. The maximum Gasteiger partial charge on any atom is 0.0737 e. The molecule has 49 heavy (non-hydrogen) atoms. The molecule has 8 rings (SSSR count). The third kappa shape index (κ3) is 5.44. The van der Waals surface area contributed by atoms with Crippen molar-refractivity contribution in [2.24, 2.45) is 0 Å². The summed E-state index contributed by atoms with van der Waals surface area (Å²) in [6, 6.07) is 28.7. The van der Waals surface area contributed by atoms with Gasteiger partial charge in [0.1, 0.15) is 0 Å². The summed E-state index contributed by atoms with van der Waals surface area (Å²) in [7, 11) is 0. The molecule has 4 heteroatoms. The second kappa shape index (κ2) is 11.7. The normalized spacial score (nSPS) is 12.2. The highest BCUT2D eigenvalue weighted by Crippen LogP contribution is 2.39. The van der Waals surface area contributed by atoms with Gasteiger partial charge < -0.3 is 9.97 Å². The van der Waals surface area contributed by atoms with Crippen LogP contribution in [-0.2, 0) is 0 Å². The lowest BCUT2D eigenvalue weighted by Crippen LogP contribution is -1.94. The van der Waals surface area contributed by atoms with Gasteiger partial charge in [0.05, 0.1) is 22.8 Å². The Morgan fingerprint density at radius 3 is 1.45 bits per heavy atom. The minimum atomic E-state index is 0.909. The second-order valence-electron chi connectivity index (χ2n) is 13.8. The molecule has 0 amide bonds. The van der Waals surface area contributed by atoms with Crippen LogP contribution < -0.4 is 0 Å². The van der Waals surface area contributed by atoms with Crippen LogP contribution in [0.4, 0.5) is 0 Å². The Balaban J connectivity index is 1.56. The van der Waals surface area contributed by atoms with Gasteiger partial charge in [-0.05, 0) is 142 Å². The molecular weight excluding hydrogens is 597 g/mol. The van der Waals surface area contributed by atoms with E-state index in [0.717, 1.165) is 67.1 Å². The van der Waals surface area contributed by atoms with Crippen molar-refractivity contribution >= 4 is 46.4 Å². The number of nitrogens with one attached hydrogen (secondary N) is 2. The summed E-state index contributed by atoms with van der Waals surface area (Å²) < 4.78 is 0. The van der Waals surface area contributed by atoms with E-state index in [4.69, 9.17) is 9.97 Å². The van der Waals surface area contributed by atoms with Crippen molar-refractivity contribution < 1.29 is 0 Å². The van der Waals surface area contributed by atoms with Crippen molar-refractivity contribution in [3.05, 3.63) is 141 Å². The van der Waals surface area contributed by atoms with E-state index in [-0.39, 0.29) is 0 Å². The molecule has 8 bridgehead atoms. The maximum absolute atomic E-state index is 5.43. The largest absolute Gasteiger partial charge is 0.355 e. The molecule has 3 aromatic heterocycles. The van der Waals surface area contributed by atoms with Crippen LogP contribution in [-0.4, -0.2) is 19.9 Å². The van der Waals surface area contributed by atoms with Crippen LogP contribution in [0.1, 0.15) is 61.7 Å². The molecule has 0 unspecified atom stereocenters. The lowest BCUT2D eigenvalue weighted by Gasteiger charge is -2.13. The third-order valence-corrected chi connectivity index (χ3v) is 9.77. The van der Waals surface area contributed by atoms with Crippen LogP contribution in [0.2, 0.25) is 0 Å². The standard InChI is InChI=1S/C45H40N4/c1-25-8-10-32(11-9-25)43-35-16-18-39(48-35)44(41-28(4)20-26(2)21-29(41)5)37-14-12-33(46-37)24-34-13-15-38(47-34)45(40-19-17-36(43)49-40)42-30(6)22-27(3)23-31(42)7/h8-24,46,49H,1-7H3. The number of aromatic nitrogens is 4. The first-order chi connectivity index (χ1) is 23.6. The molecule has 5 heterocycles. The van der Waals surface area contributed by atoms with Gasteiger partial charge in [0.25, 0.3) is 0 Å². The zero-order chi connectivity index (χ0) is 34.0. The molecule has 2 N–H and O–H groups in total. The van der Waals surface area contributed by atoms with Gasteiger partial charge in [-0.2, -0.15) is 0 Å². The summed E-state index contributed by atoms with van der Waals surface area (Å²) in [5.41, 5.74) is 23.2. The van der Waals surface area contributed by atoms with Gasteiger partial charge in [-0.15, -0.1) is 0 Å². The number of rotatable bonds is 3. The molecular formula is C45H40N4. The molecule has 2 aliphatic heterocycles. The minimum absolute atomic E-state index is 0.909. The van der Waals surface area contributed by atoms with E-state index in [1.807, 2.05) is 0 Å². The zero-order valence-corrected chi connectivity index (χ0v) is 29.2. The van der Waals surface area contributed by atoms with Gasteiger partial charge in [-0.1, -0.05) is 65.2 Å². The van der Waals surface area contributed by atoms with Crippen molar-refractivity contribution in [2.75, 3.05) is 0 Å². The summed E-state index contributed by atoms with van der Waals surface area (Å²) >= 11 is 0. The number of hydrogen-bond donors (Lipinski definition) is 2. The maximum atomic E-state index is 5.43. The summed E-state index contributed by atoms with van der Waals surface area (Å²) in [5.74, 6) is 0. The Bertz CT molecular complexity index is 2450. The molecule has 3 aromatic carbocycles. The Morgan fingerprint density at radius 2 is 0.857 bits per heavy atom. The molecule has 0 atom stereocenters. The predicted molar refractivity (Wildman–Crippen MR) is 208 cm³/mol. The summed E-state index contributed by atoms with van der Waals surface area (Å²) in [4.78, 5) is 18.3. The summed E-state index contributed by atoms with van der Waals surface area (Å²) in [6.07, 6.45) is 8.60.